The summed E-state index contributed by atoms with van der Waals surface area (Å²) in [4.78, 5) is 17.1. The average Bonchev–Trinajstić information content (AvgIpc) is 2.74. The van der Waals surface area contributed by atoms with Crippen LogP contribution in [-0.4, -0.2) is 21.3 Å². The molecule has 4 rings (SSSR count). The Morgan fingerprint density at radius 2 is 2.14 bits per heavy atom. The molecule has 3 aromatic rings. The van der Waals surface area contributed by atoms with Gasteiger partial charge in [0.1, 0.15) is 5.82 Å². The van der Waals surface area contributed by atoms with Gasteiger partial charge >= 0.3 is 0 Å². The molecule has 0 radical (unpaired) electrons. The highest BCUT2D eigenvalue weighted by Crippen LogP contribution is 2.29. The van der Waals surface area contributed by atoms with Crippen LogP contribution in [0.5, 0.6) is 0 Å². The number of rotatable bonds is 1. The minimum absolute atomic E-state index is 0.0131. The Morgan fingerprint density at radius 3 is 3.00 bits per heavy atom. The van der Waals surface area contributed by atoms with Gasteiger partial charge in [0.25, 0.3) is 5.56 Å². The number of anilines is 1. The van der Waals surface area contributed by atoms with Crippen molar-refractivity contribution in [1.29, 1.82) is 0 Å². The predicted molar refractivity (Wildman–Crippen MR) is 86.6 cm³/mol. The maximum absolute atomic E-state index is 12.8. The van der Waals surface area contributed by atoms with Gasteiger partial charge in [-0.3, -0.25) is 9.89 Å². The van der Waals surface area contributed by atoms with Crippen LogP contribution in [0, 0.1) is 6.92 Å². The van der Waals surface area contributed by atoms with Crippen molar-refractivity contribution in [3.05, 3.63) is 64.1 Å². The third-order valence-electron chi connectivity index (χ3n) is 3.99. The van der Waals surface area contributed by atoms with Gasteiger partial charge in [-0.1, -0.05) is 12.1 Å². The van der Waals surface area contributed by atoms with Gasteiger partial charge in [-0.15, -0.1) is 0 Å². The van der Waals surface area contributed by atoms with Crippen LogP contribution in [0.3, 0.4) is 0 Å². The molecule has 1 aliphatic rings. The Labute approximate surface area is 127 Å². The zero-order chi connectivity index (χ0) is 15.1. The van der Waals surface area contributed by atoms with E-state index in [4.69, 9.17) is 0 Å². The second-order valence-corrected chi connectivity index (χ2v) is 5.52. The fourth-order valence-corrected chi connectivity index (χ4v) is 2.93. The second kappa shape index (κ2) is 4.87. The molecule has 0 unspecified atom stereocenters. The Hall–Kier alpha value is -2.82. The number of H-pyrrole nitrogens is 1. The Morgan fingerprint density at radius 1 is 1.23 bits per heavy atom. The summed E-state index contributed by atoms with van der Waals surface area (Å²) in [6.07, 6.45) is 2.44. The highest BCUT2D eigenvalue weighted by molar-refractivity contribution is 5.75. The smallest absolute Gasteiger partial charge is 0.275 e. The molecular weight excluding hydrogens is 276 g/mol. The number of aromatic nitrogens is 3. The van der Waals surface area contributed by atoms with E-state index in [2.05, 4.69) is 15.4 Å². The summed E-state index contributed by atoms with van der Waals surface area (Å²) >= 11 is 0. The van der Waals surface area contributed by atoms with Crippen molar-refractivity contribution in [3.63, 3.8) is 0 Å². The number of nitrogens with zero attached hydrogens (tertiary/aromatic N) is 2. The largest absolute Gasteiger partial charge is 0.369 e. The zero-order valence-electron chi connectivity index (χ0n) is 12.3. The number of benzene rings is 1. The Bertz CT molecular complexity index is 907. The average molecular weight is 292 g/mol. The predicted octanol–water partition coefficient (Wildman–Crippen LogP) is 2.50. The van der Waals surface area contributed by atoms with Crippen LogP contribution in [0.15, 0.2) is 47.4 Å². The molecule has 2 aromatic heterocycles. The van der Waals surface area contributed by atoms with Crippen molar-refractivity contribution in [2.45, 2.75) is 13.3 Å². The fraction of sp³-hybridized carbons (Fsp3) is 0.176. The van der Waals surface area contributed by atoms with Gasteiger partial charge in [-0.2, -0.15) is 0 Å². The summed E-state index contributed by atoms with van der Waals surface area (Å²) in [7, 11) is 0. The SMILES string of the molecule is Cc1cccc(-n2[nH]c3c(c2=O)CCNc2ncccc2-3)c1. The van der Waals surface area contributed by atoms with Crippen LogP contribution in [0.4, 0.5) is 5.82 Å². The van der Waals surface area contributed by atoms with Gasteiger partial charge < -0.3 is 5.32 Å². The summed E-state index contributed by atoms with van der Waals surface area (Å²) in [5.41, 5.74) is 4.60. The van der Waals surface area contributed by atoms with Crippen LogP contribution >= 0.6 is 0 Å². The van der Waals surface area contributed by atoms with Crippen LogP contribution in [0.1, 0.15) is 11.1 Å². The van der Waals surface area contributed by atoms with Gasteiger partial charge in [-0.05, 0) is 43.2 Å². The van der Waals surface area contributed by atoms with Crippen molar-refractivity contribution < 1.29 is 0 Å². The molecule has 3 heterocycles. The number of aryl methyl sites for hydroxylation is 1. The maximum atomic E-state index is 12.8. The minimum atomic E-state index is 0.0131. The standard InChI is InChI=1S/C17H16N4O/c1-11-4-2-5-12(10-11)21-17(22)14-7-9-19-16-13(15(14)20-21)6-3-8-18-16/h2-6,8,10,20H,7,9H2,1H3,(H,18,19). The lowest BCUT2D eigenvalue weighted by molar-refractivity contribution is 0.844. The molecule has 0 amide bonds. The molecule has 22 heavy (non-hydrogen) atoms. The summed E-state index contributed by atoms with van der Waals surface area (Å²) < 4.78 is 1.62. The molecule has 0 spiro atoms. The highest BCUT2D eigenvalue weighted by Gasteiger charge is 2.21. The number of hydrogen-bond donors (Lipinski definition) is 2. The fourth-order valence-electron chi connectivity index (χ4n) is 2.93. The summed E-state index contributed by atoms with van der Waals surface area (Å²) in [5.74, 6) is 0.818. The van der Waals surface area contributed by atoms with E-state index in [0.717, 1.165) is 33.9 Å². The van der Waals surface area contributed by atoms with Gasteiger partial charge in [0.05, 0.1) is 11.4 Å². The lowest BCUT2D eigenvalue weighted by Crippen LogP contribution is -2.19. The van der Waals surface area contributed by atoms with E-state index in [9.17, 15) is 4.79 Å². The van der Waals surface area contributed by atoms with E-state index in [-0.39, 0.29) is 5.56 Å². The molecule has 5 nitrogen and oxygen atoms in total. The first-order valence-corrected chi connectivity index (χ1v) is 7.34. The zero-order valence-corrected chi connectivity index (χ0v) is 12.3. The molecule has 1 aliphatic heterocycles. The van der Waals surface area contributed by atoms with Gasteiger partial charge in [0.2, 0.25) is 0 Å². The van der Waals surface area contributed by atoms with Crippen molar-refractivity contribution >= 4 is 5.82 Å². The normalized spacial score (nSPS) is 13.0. The van der Waals surface area contributed by atoms with E-state index in [0.29, 0.717) is 13.0 Å². The number of fused-ring (bicyclic) bond motifs is 3. The van der Waals surface area contributed by atoms with Crippen LogP contribution < -0.4 is 10.9 Å². The first-order chi connectivity index (χ1) is 10.7. The molecule has 1 aromatic carbocycles. The first-order valence-electron chi connectivity index (χ1n) is 7.34. The van der Waals surface area contributed by atoms with Crippen molar-refractivity contribution in [2.24, 2.45) is 0 Å². The summed E-state index contributed by atoms with van der Waals surface area (Å²) in [6, 6.07) is 11.8. The van der Waals surface area contributed by atoms with E-state index in [1.165, 1.54) is 0 Å². The van der Waals surface area contributed by atoms with Crippen LogP contribution in [0.25, 0.3) is 16.9 Å². The van der Waals surface area contributed by atoms with Gasteiger partial charge in [0.15, 0.2) is 0 Å². The third kappa shape index (κ3) is 1.94. The number of aromatic amines is 1. The summed E-state index contributed by atoms with van der Waals surface area (Å²) in [6.45, 7) is 2.73. The molecule has 2 N–H and O–H groups in total. The van der Waals surface area contributed by atoms with Crippen molar-refractivity contribution in [2.75, 3.05) is 11.9 Å². The molecule has 0 fully saturated rings. The van der Waals surface area contributed by atoms with E-state index >= 15 is 0 Å². The van der Waals surface area contributed by atoms with Crippen molar-refractivity contribution in [1.82, 2.24) is 14.8 Å². The second-order valence-electron chi connectivity index (χ2n) is 5.52. The lowest BCUT2D eigenvalue weighted by atomic mass is 10.1. The number of hydrogen-bond acceptors (Lipinski definition) is 3. The Kier molecular flexibility index (Phi) is 2.85. The van der Waals surface area contributed by atoms with Gasteiger partial charge in [-0.25, -0.2) is 9.67 Å². The van der Waals surface area contributed by atoms with Crippen LogP contribution in [-0.2, 0) is 6.42 Å². The molecular formula is C17H16N4O. The monoisotopic (exact) mass is 292 g/mol. The quantitative estimate of drug-likeness (QED) is 0.724. The first kappa shape index (κ1) is 12.9. The molecule has 110 valence electrons. The minimum Gasteiger partial charge on any atom is -0.369 e. The van der Waals surface area contributed by atoms with Crippen LogP contribution in [0.2, 0.25) is 0 Å². The number of pyridine rings is 1. The molecule has 0 bridgehead atoms. The molecule has 5 heteroatoms. The molecule has 0 aliphatic carbocycles. The third-order valence-corrected chi connectivity index (χ3v) is 3.99. The molecule has 0 saturated carbocycles. The van der Waals surface area contributed by atoms with Crippen molar-refractivity contribution in [3.8, 4) is 16.9 Å². The maximum Gasteiger partial charge on any atom is 0.275 e. The van der Waals surface area contributed by atoms with E-state index in [1.807, 2.05) is 43.3 Å². The topological polar surface area (TPSA) is 62.7 Å². The summed E-state index contributed by atoms with van der Waals surface area (Å²) in [5, 5.41) is 6.54. The lowest BCUT2D eigenvalue weighted by Gasteiger charge is -2.06. The van der Waals surface area contributed by atoms with Gasteiger partial charge in [0, 0.05) is 23.9 Å². The highest BCUT2D eigenvalue weighted by atomic mass is 16.1. The Balaban J connectivity index is 1.96. The van der Waals surface area contributed by atoms with E-state index < -0.39 is 0 Å². The molecule has 0 saturated heterocycles. The molecule has 0 atom stereocenters. The number of nitrogens with one attached hydrogen (secondary N) is 2. The van der Waals surface area contributed by atoms with E-state index in [1.54, 1.807) is 10.9 Å².